The number of methoxy groups -OCH3 is 3. The van der Waals surface area contributed by atoms with Gasteiger partial charge in [-0.05, 0) is 72.1 Å². The molecule has 7 nitrogen and oxygen atoms in total. The van der Waals surface area contributed by atoms with Gasteiger partial charge in [-0.15, -0.1) is 0 Å². The summed E-state index contributed by atoms with van der Waals surface area (Å²) in [4.78, 5) is 3.50. The molecule has 1 heterocycles. The number of sulfonamides is 1. The second kappa shape index (κ2) is 10.7. The zero-order valence-corrected chi connectivity index (χ0v) is 22.1. The monoisotopic (exact) mass is 558 g/mol. The summed E-state index contributed by atoms with van der Waals surface area (Å²) in [5.74, 6) is 1.89. The molecule has 0 bridgehead atoms. The van der Waals surface area contributed by atoms with Crippen LogP contribution in [0.15, 0.2) is 76.2 Å². The van der Waals surface area contributed by atoms with Gasteiger partial charge in [-0.25, -0.2) is 8.42 Å². The Morgan fingerprint density at radius 2 is 1.63 bits per heavy atom. The van der Waals surface area contributed by atoms with E-state index in [9.17, 15) is 8.42 Å². The van der Waals surface area contributed by atoms with Crippen LogP contribution in [0.1, 0.15) is 11.1 Å². The van der Waals surface area contributed by atoms with Crippen LogP contribution in [0.3, 0.4) is 0 Å². The number of rotatable bonds is 10. The number of aromatic nitrogens is 1. The highest BCUT2D eigenvalue weighted by molar-refractivity contribution is 9.10. The number of nitrogens with zero attached hydrogens (tertiary/aromatic N) is 1. The van der Waals surface area contributed by atoms with Gasteiger partial charge >= 0.3 is 0 Å². The van der Waals surface area contributed by atoms with Crippen LogP contribution in [0.4, 0.5) is 0 Å². The first kappa shape index (κ1) is 25.1. The third kappa shape index (κ3) is 5.47. The average molecular weight is 559 g/mol. The average Bonchev–Trinajstić information content (AvgIpc) is 3.28. The minimum atomic E-state index is -3.77. The predicted octanol–water partition coefficient (Wildman–Crippen LogP) is 5.39. The number of aromatic amines is 1. The molecule has 4 rings (SSSR count). The Morgan fingerprint density at radius 3 is 2.31 bits per heavy atom. The number of H-pyrrole nitrogens is 1. The summed E-state index contributed by atoms with van der Waals surface area (Å²) in [6.45, 7) is 0.474. The molecule has 0 saturated heterocycles. The summed E-state index contributed by atoms with van der Waals surface area (Å²) in [5.41, 5.74) is 2.79. The molecule has 0 aliphatic heterocycles. The number of fused-ring (bicyclic) bond motifs is 1. The molecule has 0 aliphatic carbocycles. The molecule has 3 aromatic carbocycles. The maximum absolute atomic E-state index is 13.7. The van der Waals surface area contributed by atoms with E-state index in [1.807, 2.05) is 30.5 Å². The molecule has 1 N–H and O–H groups in total. The van der Waals surface area contributed by atoms with Crippen LogP contribution in [0.2, 0.25) is 0 Å². The molecule has 184 valence electrons. The van der Waals surface area contributed by atoms with Crippen molar-refractivity contribution in [2.75, 3.05) is 27.9 Å². The smallest absolute Gasteiger partial charge is 0.243 e. The molecular formula is C26H27BrN2O5S. The lowest BCUT2D eigenvalue weighted by atomic mass is 10.1. The van der Waals surface area contributed by atoms with Gasteiger partial charge in [0.05, 0.1) is 26.2 Å². The van der Waals surface area contributed by atoms with Gasteiger partial charge in [-0.1, -0.05) is 22.0 Å². The number of hydrogen-bond acceptors (Lipinski definition) is 5. The van der Waals surface area contributed by atoms with Gasteiger partial charge in [0, 0.05) is 34.7 Å². The highest BCUT2D eigenvalue weighted by Gasteiger charge is 2.25. The molecule has 0 aliphatic rings. The Hall–Kier alpha value is -3.01. The second-order valence-electron chi connectivity index (χ2n) is 7.96. The molecule has 0 fully saturated rings. The van der Waals surface area contributed by atoms with E-state index in [1.54, 1.807) is 57.7 Å². The van der Waals surface area contributed by atoms with Crippen molar-refractivity contribution in [3.05, 3.63) is 82.5 Å². The van der Waals surface area contributed by atoms with E-state index in [4.69, 9.17) is 14.2 Å². The van der Waals surface area contributed by atoms with Crippen molar-refractivity contribution in [3.63, 3.8) is 0 Å². The molecule has 0 spiro atoms. The summed E-state index contributed by atoms with van der Waals surface area (Å²) >= 11 is 3.38. The van der Waals surface area contributed by atoms with Crippen LogP contribution in [0.5, 0.6) is 17.2 Å². The van der Waals surface area contributed by atoms with E-state index in [2.05, 4.69) is 20.9 Å². The lowest BCUT2D eigenvalue weighted by Crippen LogP contribution is -2.32. The fourth-order valence-electron chi connectivity index (χ4n) is 3.96. The minimum Gasteiger partial charge on any atom is -0.497 e. The highest BCUT2D eigenvalue weighted by Crippen LogP contribution is 2.30. The maximum atomic E-state index is 13.7. The quantitative estimate of drug-likeness (QED) is 0.282. The van der Waals surface area contributed by atoms with Gasteiger partial charge in [-0.2, -0.15) is 4.31 Å². The Balaban J connectivity index is 1.67. The molecule has 0 amide bonds. The molecule has 0 saturated carbocycles. The topological polar surface area (TPSA) is 80.9 Å². The van der Waals surface area contributed by atoms with E-state index >= 15 is 0 Å². The van der Waals surface area contributed by atoms with E-state index in [0.717, 1.165) is 32.3 Å². The van der Waals surface area contributed by atoms with Crippen molar-refractivity contribution >= 4 is 36.9 Å². The largest absolute Gasteiger partial charge is 0.497 e. The lowest BCUT2D eigenvalue weighted by Gasteiger charge is -2.23. The fraction of sp³-hybridized carbons (Fsp3) is 0.231. The Labute approximate surface area is 213 Å². The first-order valence-electron chi connectivity index (χ1n) is 11.0. The van der Waals surface area contributed by atoms with Gasteiger partial charge < -0.3 is 19.2 Å². The molecule has 0 atom stereocenters. The Bertz CT molecular complexity index is 1420. The van der Waals surface area contributed by atoms with Gasteiger partial charge in [0.2, 0.25) is 10.0 Å². The summed E-state index contributed by atoms with van der Waals surface area (Å²) in [5, 5.41) is 1.01. The second-order valence-corrected chi connectivity index (χ2v) is 10.8. The van der Waals surface area contributed by atoms with E-state index < -0.39 is 10.0 Å². The zero-order valence-electron chi connectivity index (χ0n) is 19.7. The number of benzene rings is 3. The summed E-state index contributed by atoms with van der Waals surface area (Å²) < 4.78 is 45.8. The van der Waals surface area contributed by atoms with Crippen LogP contribution in [-0.2, 0) is 23.0 Å². The van der Waals surface area contributed by atoms with Crippen molar-refractivity contribution in [1.29, 1.82) is 0 Å². The van der Waals surface area contributed by atoms with Crippen LogP contribution in [-0.4, -0.2) is 45.6 Å². The summed E-state index contributed by atoms with van der Waals surface area (Å²) in [6, 6.07) is 17.9. The molecule has 1 aromatic heterocycles. The van der Waals surface area contributed by atoms with E-state index in [-0.39, 0.29) is 18.0 Å². The van der Waals surface area contributed by atoms with E-state index in [0.29, 0.717) is 17.9 Å². The fourth-order valence-corrected chi connectivity index (χ4v) is 5.65. The highest BCUT2D eigenvalue weighted by atomic mass is 79.9. The standard InChI is InChI=1S/C26H27BrN2O5S/c1-32-21-7-10-24-23(15-21)19(16-28-24)12-13-29(35(30,31)22-8-5-20(27)6-9-22)17-18-4-11-25(33-2)26(14-18)34-3/h4-11,14-16,28H,12-13,17H2,1-3H3. The van der Waals surface area contributed by atoms with Crippen LogP contribution >= 0.6 is 15.9 Å². The van der Waals surface area contributed by atoms with Crippen LogP contribution < -0.4 is 14.2 Å². The van der Waals surface area contributed by atoms with Gasteiger partial charge in [0.15, 0.2) is 11.5 Å². The Morgan fingerprint density at radius 1 is 0.886 bits per heavy atom. The maximum Gasteiger partial charge on any atom is 0.243 e. The van der Waals surface area contributed by atoms with Gasteiger partial charge in [0.1, 0.15) is 5.75 Å². The molecule has 4 aromatic rings. The van der Waals surface area contributed by atoms with Crippen LogP contribution in [0, 0.1) is 0 Å². The number of ether oxygens (including phenoxy) is 3. The van der Waals surface area contributed by atoms with Crippen molar-refractivity contribution < 1.29 is 22.6 Å². The molecule has 0 unspecified atom stereocenters. The van der Waals surface area contributed by atoms with Crippen LogP contribution in [0.25, 0.3) is 10.9 Å². The lowest BCUT2D eigenvalue weighted by molar-refractivity contribution is 0.353. The number of halogens is 1. The predicted molar refractivity (Wildman–Crippen MR) is 140 cm³/mol. The van der Waals surface area contributed by atoms with Gasteiger partial charge in [-0.3, -0.25) is 0 Å². The molecular weight excluding hydrogens is 532 g/mol. The molecule has 9 heteroatoms. The summed E-state index contributed by atoms with van der Waals surface area (Å²) in [7, 11) is 0.989. The third-order valence-electron chi connectivity index (χ3n) is 5.86. The molecule has 35 heavy (non-hydrogen) atoms. The minimum absolute atomic E-state index is 0.185. The normalized spacial score (nSPS) is 11.7. The van der Waals surface area contributed by atoms with Crippen molar-refractivity contribution in [2.24, 2.45) is 0 Å². The zero-order chi connectivity index (χ0) is 25.0. The third-order valence-corrected chi connectivity index (χ3v) is 8.25. The Kier molecular flexibility index (Phi) is 7.69. The van der Waals surface area contributed by atoms with Crippen molar-refractivity contribution in [1.82, 2.24) is 9.29 Å². The number of nitrogens with one attached hydrogen (secondary N) is 1. The SMILES string of the molecule is COc1ccc2[nH]cc(CCN(Cc3ccc(OC)c(OC)c3)S(=O)(=O)c3ccc(Br)cc3)c2c1. The van der Waals surface area contributed by atoms with Gasteiger partial charge in [0.25, 0.3) is 0 Å². The van der Waals surface area contributed by atoms with E-state index in [1.165, 1.54) is 4.31 Å². The van der Waals surface area contributed by atoms with Crippen molar-refractivity contribution in [3.8, 4) is 17.2 Å². The first-order valence-corrected chi connectivity index (χ1v) is 13.2. The van der Waals surface area contributed by atoms with Crippen molar-refractivity contribution in [2.45, 2.75) is 17.9 Å². The number of hydrogen-bond donors (Lipinski definition) is 1. The first-order chi connectivity index (χ1) is 16.8. The summed E-state index contributed by atoms with van der Waals surface area (Å²) in [6.07, 6.45) is 2.45. The molecule has 0 radical (unpaired) electrons.